The number of ether oxygens (including phenoxy) is 1. The fraction of sp³-hybridized carbons (Fsp3) is 0.0476. The maximum absolute atomic E-state index is 12.7. The molecular weight excluding hydrogens is 356 g/mol. The largest absolute Gasteiger partial charge is 0.496 e. The van der Waals surface area contributed by atoms with Crippen LogP contribution in [-0.4, -0.2) is 28.1 Å². The van der Waals surface area contributed by atoms with Gasteiger partial charge in [-0.3, -0.25) is 9.78 Å². The molecule has 138 valence electrons. The minimum Gasteiger partial charge on any atom is -0.496 e. The molecule has 0 saturated carbocycles. The number of benzene rings is 2. The van der Waals surface area contributed by atoms with Gasteiger partial charge in [-0.1, -0.05) is 29.4 Å². The molecule has 0 radical (unpaired) electrons. The van der Waals surface area contributed by atoms with E-state index in [1.807, 2.05) is 24.3 Å². The standard InChI is InChI=1S/C21H16N4O3/c1-27-18-9-5-3-7-16(18)20(26)23-17-8-4-2-6-15(17)21-24-19(25-28-21)14-10-12-22-13-11-14/h2-13H,1H3,(H,23,26). The number of aromatic nitrogens is 3. The molecule has 28 heavy (non-hydrogen) atoms. The summed E-state index contributed by atoms with van der Waals surface area (Å²) in [5, 5.41) is 6.91. The highest BCUT2D eigenvalue weighted by atomic mass is 16.5. The third-order valence-electron chi connectivity index (χ3n) is 4.12. The van der Waals surface area contributed by atoms with Crippen LogP contribution in [0.4, 0.5) is 5.69 Å². The summed E-state index contributed by atoms with van der Waals surface area (Å²) in [6, 6.07) is 17.9. The van der Waals surface area contributed by atoms with Crippen LogP contribution in [0.5, 0.6) is 5.75 Å². The van der Waals surface area contributed by atoms with Crippen molar-refractivity contribution in [1.29, 1.82) is 0 Å². The van der Waals surface area contributed by atoms with E-state index in [-0.39, 0.29) is 5.91 Å². The molecule has 0 saturated heterocycles. The van der Waals surface area contributed by atoms with Crippen molar-refractivity contribution in [2.45, 2.75) is 0 Å². The number of pyridine rings is 1. The van der Waals surface area contributed by atoms with E-state index in [1.165, 1.54) is 7.11 Å². The van der Waals surface area contributed by atoms with Crippen LogP contribution in [-0.2, 0) is 0 Å². The normalized spacial score (nSPS) is 10.5. The maximum atomic E-state index is 12.7. The molecule has 0 fully saturated rings. The average molecular weight is 372 g/mol. The van der Waals surface area contributed by atoms with Crippen molar-refractivity contribution >= 4 is 11.6 Å². The Morgan fingerprint density at radius 1 is 1.00 bits per heavy atom. The molecule has 0 spiro atoms. The number of amides is 1. The molecule has 0 aliphatic heterocycles. The summed E-state index contributed by atoms with van der Waals surface area (Å²) in [7, 11) is 1.53. The number of rotatable bonds is 5. The fourth-order valence-electron chi connectivity index (χ4n) is 2.75. The number of carbonyl (C=O) groups excluding carboxylic acids is 1. The van der Waals surface area contributed by atoms with Gasteiger partial charge in [-0.2, -0.15) is 4.98 Å². The molecule has 7 heteroatoms. The molecular formula is C21H16N4O3. The van der Waals surface area contributed by atoms with E-state index >= 15 is 0 Å². The number of nitrogens with one attached hydrogen (secondary N) is 1. The van der Waals surface area contributed by atoms with E-state index in [0.717, 1.165) is 5.56 Å². The Hall–Kier alpha value is -4.00. The average Bonchev–Trinajstić information content (AvgIpc) is 3.25. The fourth-order valence-corrected chi connectivity index (χ4v) is 2.75. The number of carbonyl (C=O) groups is 1. The first kappa shape index (κ1) is 17.4. The van der Waals surface area contributed by atoms with E-state index < -0.39 is 0 Å². The summed E-state index contributed by atoms with van der Waals surface area (Å²) in [5.74, 6) is 0.958. The molecule has 2 heterocycles. The molecule has 4 aromatic rings. The van der Waals surface area contributed by atoms with Crippen molar-refractivity contribution in [2.24, 2.45) is 0 Å². The molecule has 2 aromatic heterocycles. The Labute approximate surface area is 161 Å². The first-order valence-electron chi connectivity index (χ1n) is 8.54. The van der Waals surface area contributed by atoms with Gasteiger partial charge >= 0.3 is 0 Å². The number of methoxy groups -OCH3 is 1. The summed E-state index contributed by atoms with van der Waals surface area (Å²) in [5.41, 5.74) is 2.41. The lowest BCUT2D eigenvalue weighted by molar-refractivity contribution is 0.102. The summed E-state index contributed by atoms with van der Waals surface area (Å²) >= 11 is 0. The highest BCUT2D eigenvalue weighted by Gasteiger charge is 2.17. The molecule has 0 aliphatic carbocycles. The zero-order chi connectivity index (χ0) is 19.3. The zero-order valence-corrected chi connectivity index (χ0v) is 15.0. The number of anilines is 1. The Bertz CT molecular complexity index is 1110. The molecule has 1 amide bonds. The summed E-state index contributed by atoms with van der Waals surface area (Å²) in [6.07, 6.45) is 3.32. The van der Waals surface area contributed by atoms with Crippen LogP contribution in [0.15, 0.2) is 77.6 Å². The Kier molecular flexibility index (Phi) is 4.79. The smallest absolute Gasteiger partial charge is 0.260 e. The van der Waals surface area contributed by atoms with Crippen LogP contribution >= 0.6 is 0 Å². The summed E-state index contributed by atoms with van der Waals surface area (Å²) < 4.78 is 10.7. The van der Waals surface area contributed by atoms with Crippen molar-refractivity contribution < 1.29 is 14.1 Å². The Morgan fingerprint density at radius 2 is 1.75 bits per heavy atom. The van der Waals surface area contributed by atoms with Gasteiger partial charge in [-0.05, 0) is 36.4 Å². The molecule has 0 atom stereocenters. The monoisotopic (exact) mass is 372 g/mol. The van der Waals surface area contributed by atoms with E-state index in [1.54, 1.807) is 48.8 Å². The highest BCUT2D eigenvalue weighted by Crippen LogP contribution is 2.29. The van der Waals surface area contributed by atoms with Crippen molar-refractivity contribution in [2.75, 3.05) is 12.4 Å². The van der Waals surface area contributed by atoms with Gasteiger partial charge in [-0.25, -0.2) is 0 Å². The molecule has 4 rings (SSSR count). The Balaban J connectivity index is 1.65. The topological polar surface area (TPSA) is 90.1 Å². The van der Waals surface area contributed by atoms with Gasteiger partial charge in [0.1, 0.15) is 5.75 Å². The van der Waals surface area contributed by atoms with Gasteiger partial charge in [0.05, 0.1) is 23.9 Å². The molecule has 2 aromatic carbocycles. The first-order chi connectivity index (χ1) is 13.8. The van der Waals surface area contributed by atoms with Crippen LogP contribution in [0.1, 0.15) is 10.4 Å². The number of hydrogen-bond donors (Lipinski definition) is 1. The van der Waals surface area contributed by atoms with E-state index in [2.05, 4.69) is 20.4 Å². The van der Waals surface area contributed by atoms with Gasteiger partial charge in [0, 0.05) is 18.0 Å². The summed E-state index contributed by atoms with van der Waals surface area (Å²) in [4.78, 5) is 21.2. The molecule has 0 bridgehead atoms. The van der Waals surface area contributed by atoms with Gasteiger partial charge in [0.2, 0.25) is 5.82 Å². The zero-order valence-electron chi connectivity index (χ0n) is 15.0. The predicted molar refractivity (Wildman–Crippen MR) is 104 cm³/mol. The SMILES string of the molecule is COc1ccccc1C(=O)Nc1ccccc1-c1nc(-c2ccncc2)no1. The van der Waals surface area contributed by atoms with E-state index in [4.69, 9.17) is 9.26 Å². The lowest BCUT2D eigenvalue weighted by Crippen LogP contribution is -2.13. The number of hydrogen-bond acceptors (Lipinski definition) is 6. The summed E-state index contributed by atoms with van der Waals surface area (Å²) in [6.45, 7) is 0. The first-order valence-corrected chi connectivity index (χ1v) is 8.54. The van der Waals surface area contributed by atoms with Crippen molar-refractivity contribution in [1.82, 2.24) is 15.1 Å². The molecule has 0 aliphatic rings. The second-order valence-corrected chi connectivity index (χ2v) is 5.86. The maximum Gasteiger partial charge on any atom is 0.260 e. The second kappa shape index (κ2) is 7.71. The van der Waals surface area contributed by atoms with Gasteiger partial charge < -0.3 is 14.6 Å². The van der Waals surface area contributed by atoms with Gasteiger partial charge in [-0.15, -0.1) is 0 Å². The predicted octanol–water partition coefficient (Wildman–Crippen LogP) is 4.06. The minimum absolute atomic E-state index is 0.293. The van der Waals surface area contributed by atoms with Crippen LogP contribution in [0.2, 0.25) is 0 Å². The lowest BCUT2D eigenvalue weighted by Gasteiger charge is -2.11. The number of para-hydroxylation sites is 2. The quantitative estimate of drug-likeness (QED) is 0.568. The van der Waals surface area contributed by atoms with Crippen LogP contribution in [0.3, 0.4) is 0 Å². The molecule has 1 N–H and O–H groups in total. The van der Waals surface area contributed by atoms with Crippen molar-refractivity contribution in [3.05, 3.63) is 78.6 Å². The van der Waals surface area contributed by atoms with E-state index in [9.17, 15) is 4.79 Å². The third-order valence-corrected chi connectivity index (χ3v) is 4.12. The van der Waals surface area contributed by atoms with Crippen molar-refractivity contribution in [3.63, 3.8) is 0 Å². The second-order valence-electron chi connectivity index (χ2n) is 5.86. The van der Waals surface area contributed by atoms with Gasteiger partial charge in [0.15, 0.2) is 0 Å². The van der Waals surface area contributed by atoms with E-state index in [0.29, 0.717) is 34.3 Å². The Morgan fingerprint density at radius 3 is 2.57 bits per heavy atom. The van der Waals surface area contributed by atoms with Gasteiger partial charge in [0.25, 0.3) is 11.8 Å². The molecule has 0 unspecified atom stereocenters. The molecule has 7 nitrogen and oxygen atoms in total. The number of nitrogens with zero attached hydrogens (tertiary/aromatic N) is 3. The van der Waals surface area contributed by atoms with Crippen LogP contribution in [0.25, 0.3) is 22.8 Å². The van der Waals surface area contributed by atoms with Crippen LogP contribution in [0, 0.1) is 0 Å². The third kappa shape index (κ3) is 3.45. The highest BCUT2D eigenvalue weighted by molar-refractivity contribution is 6.07. The minimum atomic E-state index is -0.293. The van der Waals surface area contributed by atoms with Crippen molar-refractivity contribution in [3.8, 4) is 28.6 Å². The lowest BCUT2D eigenvalue weighted by atomic mass is 10.1. The van der Waals surface area contributed by atoms with Crippen LogP contribution < -0.4 is 10.1 Å².